The number of aromatic nitrogens is 3. The van der Waals surface area contributed by atoms with E-state index in [9.17, 15) is 18.4 Å². The molecule has 0 spiro atoms. The molecular weight excluding hydrogens is 535 g/mol. The molecule has 0 aliphatic carbocycles. The van der Waals surface area contributed by atoms with Gasteiger partial charge < -0.3 is 10.6 Å². The highest BCUT2D eigenvalue weighted by atomic mass is 35.5. The summed E-state index contributed by atoms with van der Waals surface area (Å²) in [6.45, 7) is 0. The molecular formula is C27H15Cl2F2N5O2. The molecule has 6 rings (SSSR count). The Labute approximate surface area is 224 Å². The van der Waals surface area contributed by atoms with Crippen molar-refractivity contribution in [1.29, 1.82) is 0 Å². The van der Waals surface area contributed by atoms with Crippen LogP contribution in [0.5, 0.6) is 0 Å². The third kappa shape index (κ3) is 4.25. The van der Waals surface area contributed by atoms with Crippen LogP contribution in [0, 0.1) is 11.6 Å². The molecule has 1 aliphatic heterocycles. The lowest BCUT2D eigenvalue weighted by molar-refractivity contribution is 0.0959. The predicted molar refractivity (Wildman–Crippen MR) is 139 cm³/mol. The van der Waals surface area contributed by atoms with Crippen LogP contribution in [0.2, 0.25) is 10.0 Å². The van der Waals surface area contributed by atoms with Gasteiger partial charge in [-0.3, -0.25) is 9.59 Å². The Morgan fingerprint density at radius 1 is 0.974 bits per heavy atom. The van der Waals surface area contributed by atoms with Crippen molar-refractivity contribution in [2.75, 3.05) is 5.32 Å². The maximum Gasteiger partial charge on any atom is 0.255 e. The lowest BCUT2D eigenvalue weighted by Crippen LogP contribution is -2.21. The van der Waals surface area contributed by atoms with E-state index in [1.54, 1.807) is 35.0 Å². The number of amides is 2. The molecule has 3 heterocycles. The number of carbonyl (C=O) groups is 2. The SMILES string of the molecule is O=C(Nc1cc(-c2ccc3ncnn3c2)cc2c1[C@@H](c1cc(F)ccc1Cl)NC2=O)c1cc(F)cc(Cl)c1. The number of hydrogen-bond acceptors (Lipinski definition) is 4. The lowest BCUT2D eigenvalue weighted by Gasteiger charge is -2.19. The van der Waals surface area contributed by atoms with Crippen molar-refractivity contribution in [3.63, 3.8) is 0 Å². The van der Waals surface area contributed by atoms with Gasteiger partial charge in [-0.2, -0.15) is 5.10 Å². The molecule has 11 heteroatoms. The quantitative estimate of drug-likeness (QED) is 0.285. The first-order valence-corrected chi connectivity index (χ1v) is 12.0. The second kappa shape index (κ2) is 9.20. The van der Waals surface area contributed by atoms with Crippen molar-refractivity contribution >= 4 is 46.4 Å². The van der Waals surface area contributed by atoms with Gasteiger partial charge in [0.25, 0.3) is 11.8 Å². The number of pyridine rings is 1. The van der Waals surface area contributed by atoms with Crippen molar-refractivity contribution < 1.29 is 18.4 Å². The highest BCUT2D eigenvalue weighted by Crippen LogP contribution is 2.42. The summed E-state index contributed by atoms with van der Waals surface area (Å²) in [5.74, 6) is -2.30. The predicted octanol–water partition coefficient (Wildman–Crippen LogP) is 6.07. The molecule has 5 aromatic rings. The van der Waals surface area contributed by atoms with Crippen LogP contribution in [0.3, 0.4) is 0 Å². The molecule has 0 fully saturated rings. The molecule has 2 aromatic heterocycles. The molecule has 0 saturated carbocycles. The minimum Gasteiger partial charge on any atom is -0.341 e. The average molecular weight is 550 g/mol. The monoisotopic (exact) mass is 549 g/mol. The number of fused-ring (bicyclic) bond motifs is 2. The van der Waals surface area contributed by atoms with E-state index in [1.807, 2.05) is 0 Å². The van der Waals surface area contributed by atoms with Gasteiger partial charge in [-0.1, -0.05) is 23.2 Å². The van der Waals surface area contributed by atoms with Crippen LogP contribution in [-0.4, -0.2) is 26.4 Å². The highest BCUT2D eigenvalue weighted by Gasteiger charge is 2.35. The van der Waals surface area contributed by atoms with Gasteiger partial charge in [0.05, 0.1) is 6.04 Å². The van der Waals surface area contributed by atoms with Gasteiger partial charge in [-0.05, 0) is 66.2 Å². The van der Waals surface area contributed by atoms with E-state index < -0.39 is 29.5 Å². The third-order valence-electron chi connectivity index (χ3n) is 6.24. The molecule has 1 aliphatic rings. The summed E-state index contributed by atoms with van der Waals surface area (Å²) in [5.41, 5.74) is 3.12. The first kappa shape index (κ1) is 24.0. The molecule has 7 nitrogen and oxygen atoms in total. The summed E-state index contributed by atoms with van der Waals surface area (Å²) < 4.78 is 29.7. The fourth-order valence-electron chi connectivity index (χ4n) is 4.54. The average Bonchev–Trinajstić information content (AvgIpc) is 3.49. The first-order chi connectivity index (χ1) is 18.3. The lowest BCUT2D eigenvalue weighted by atomic mass is 9.93. The zero-order valence-electron chi connectivity index (χ0n) is 19.2. The Balaban J connectivity index is 1.52. The number of rotatable bonds is 4. The molecule has 2 N–H and O–H groups in total. The van der Waals surface area contributed by atoms with Gasteiger partial charge in [0, 0.05) is 49.7 Å². The van der Waals surface area contributed by atoms with Crippen LogP contribution < -0.4 is 10.6 Å². The Morgan fingerprint density at radius 2 is 1.82 bits per heavy atom. The zero-order valence-corrected chi connectivity index (χ0v) is 20.7. The van der Waals surface area contributed by atoms with E-state index >= 15 is 0 Å². The number of hydrogen-bond donors (Lipinski definition) is 2. The maximum absolute atomic E-state index is 14.2. The fraction of sp³-hybridized carbons (Fsp3) is 0.0370. The second-order valence-electron chi connectivity index (χ2n) is 8.65. The van der Waals surface area contributed by atoms with E-state index in [0.717, 1.165) is 12.1 Å². The normalized spacial score (nSPS) is 14.4. The van der Waals surface area contributed by atoms with E-state index in [1.165, 1.54) is 30.6 Å². The van der Waals surface area contributed by atoms with Gasteiger partial charge in [0.15, 0.2) is 5.65 Å². The Hall–Kier alpha value is -4.34. The van der Waals surface area contributed by atoms with Gasteiger partial charge in [-0.15, -0.1) is 0 Å². The van der Waals surface area contributed by atoms with Crippen molar-refractivity contribution in [1.82, 2.24) is 19.9 Å². The highest BCUT2D eigenvalue weighted by molar-refractivity contribution is 6.31. The van der Waals surface area contributed by atoms with E-state index in [0.29, 0.717) is 27.9 Å². The molecule has 1 atom stereocenters. The summed E-state index contributed by atoms with van der Waals surface area (Å²) in [6, 6.07) is 13.4. The van der Waals surface area contributed by atoms with Gasteiger partial charge in [0.2, 0.25) is 0 Å². The van der Waals surface area contributed by atoms with Crippen molar-refractivity contribution in [2.24, 2.45) is 0 Å². The summed E-state index contributed by atoms with van der Waals surface area (Å²) >= 11 is 12.3. The summed E-state index contributed by atoms with van der Waals surface area (Å²) in [6.07, 6.45) is 3.15. The van der Waals surface area contributed by atoms with Crippen molar-refractivity contribution in [2.45, 2.75) is 6.04 Å². The first-order valence-electron chi connectivity index (χ1n) is 11.3. The number of halogens is 4. The molecule has 38 heavy (non-hydrogen) atoms. The van der Waals surface area contributed by atoms with Gasteiger partial charge >= 0.3 is 0 Å². The van der Waals surface area contributed by atoms with Crippen LogP contribution in [0.25, 0.3) is 16.8 Å². The van der Waals surface area contributed by atoms with Crippen LogP contribution >= 0.6 is 23.2 Å². The smallest absolute Gasteiger partial charge is 0.255 e. The summed E-state index contributed by atoms with van der Waals surface area (Å²) in [5, 5.41) is 10.0. The van der Waals surface area contributed by atoms with E-state index in [4.69, 9.17) is 23.2 Å². The number of nitrogens with zero attached hydrogens (tertiary/aromatic N) is 3. The Morgan fingerprint density at radius 3 is 2.63 bits per heavy atom. The minimum atomic E-state index is -0.848. The summed E-state index contributed by atoms with van der Waals surface area (Å²) in [4.78, 5) is 30.5. The Kier molecular flexibility index (Phi) is 5.81. The van der Waals surface area contributed by atoms with Crippen molar-refractivity contribution in [3.05, 3.63) is 117 Å². The number of carbonyl (C=O) groups excluding carboxylic acids is 2. The molecule has 2 amide bonds. The summed E-state index contributed by atoms with van der Waals surface area (Å²) in [7, 11) is 0. The maximum atomic E-state index is 14.2. The van der Waals surface area contributed by atoms with Gasteiger partial charge in [-0.25, -0.2) is 18.3 Å². The van der Waals surface area contributed by atoms with Crippen LogP contribution in [0.4, 0.5) is 14.5 Å². The largest absolute Gasteiger partial charge is 0.341 e. The molecule has 3 aromatic carbocycles. The number of anilines is 1. The molecule has 188 valence electrons. The van der Waals surface area contributed by atoms with E-state index in [2.05, 4.69) is 20.7 Å². The zero-order chi connectivity index (χ0) is 26.6. The fourth-order valence-corrected chi connectivity index (χ4v) is 4.99. The Bertz CT molecular complexity index is 1770. The molecule has 0 saturated heterocycles. The minimum absolute atomic E-state index is 0.0178. The third-order valence-corrected chi connectivity index (χ3v) is 6.80. The molecule has 0 radical (unpaired) electrons. The van der Waals surface area contributed by atoms with Crippen molar-refractivity contribution in [3.8, 4) is 11.1 Å². The topological polar surface area (TPSA) is 88.4 Å². The number of benzene rings is 3. The van der Waals surface area contributed by atoms with Crippen LogP contribution in [0.15, 0.2) is 73.2 Å². The van der Waals surface area contributed by atoms with E-state index in [-0.39, 0.29) is 26.9 Å². The molecule has 0 unspecified atom stereocenters. The van der Waals surface area contributed by atoms with Crippen LogP contribution in [0.1, 0.15) is 37.9 Å². The van der Waals surface area contributed by atoms with Gasteiger partial charge in [0.1, 0.15) is 18.0 Å². The number of nitrogens with one attached hydrogen (secondary N) is 2. The van der Waals surface area contributed by atoms with Crippen LogP contribution in [-0.2, 0) is 0 Å². The second-order valence-corrected chi connectivity index (χ2v) is 9.49. The standard InChI is InChI=1S/C27H15Cl2F2N5O2/c28-16-5-15(6-18(31)9-16)26(37)34-22-8-14(13-1-4-23-32-12-33-36(23)11-13)7-20-24(22)25(35-27(20)38)19-10-17(30)2-3-21(19)29/h1-12,25H,(H,34,37)(H,35,38)/t25-/m1/s1. The molecule has 0 bridgehead atoms.